The summed E-state index contributed by atoms with van der Waals surface area (Å²) in [5.41, 5.74) is 0.389. The molecule has 0 saturated heterocycles. The number of anilines is 1. The van der Waals surface area contributed by atoms with Crippen molar-refractivity contribution < 1.29 is 18.0 Å². The van der Waals surface area contributed by atoms with Crippen LogP contribution in [0.25, 0.3) is 6.08 Å². The van der Waals surface area contributed by atoms with Crippen LogP contribution in [0.5, 0.6) is 0 Å². The Balaban J connectivity index is 2.06. The first-order chi connectivity index (χ1) is 10.3. The maximum Gasteiger partial charge on any atom is 0.416 e. The number of hydrogen-bond acceptors (Lipinski definition) is 3. The lowest BCUT2D eigenvalue weighted by atomic mass is 10.1. The molecule has 0 spiro atoms. The highest BCUT2D eigenvalue weighted by Crippen LogP contribution is 2.29. The maximum atomic E-state index is 12.6. The van der Waals surface area contributed by atoms with Crippen molar-refractivity contribution in [1.82, 2.24) is 4.98 Å². The van der Waals surface area contributed by atoms with Crippen LogP contribution < -0.4 is 5.32 Å². The summed E-state index contributed by atoms with van der Waals surface area (Å²) in [6.07, 6.45) is -1.89. The Morgan fingerprint density at radius 3 is 2.64 bits per heavy atom. The highest BCUT2D eigenvalue weighted by molar-refractivity contribution is 7.15. The van der Waals surface area contributed by atoms with Crippen molar-refractivity contribution in [2.45, 2.75) is 20.0 Å². The van der Waals surface area contributed by atoms with Crippen LogP contribution in [0.3, 0.4) is 0 Å². The van der Waals surface area contributed by atoms with Gasteiger partial charge in [-0.1, -0.05) is 12.1 Å². The molecule has 116 valence electrons. The molecule has 0 saturated carbocycles. The number of amides is 1. The summed E-state index contributed by atoms with van der Waals surface area (Å²) in [7, 11) is 0. The number of aromatic nitrogens is 1. The predicted octanol–water partition coefficient (Wildman–Crippen LogP) is 4.43. The van der Waals surface area contributed by atoms with E-state index < -0.39 is 17.6 Å². The molecule has 7 heteroatoms. The van der Waals surface area contributed by atoms with Crippen LogP contribution in [0.2, 0.25) is 0 Å². The maximum absolute atomic E-state index is 12.6. The van der Waals surface area contributed by atoms with Crippen molar-refractivity contribution in [2.75, 3.05) is 5.32 Å². The summed E-state index contributed by atoms with van der Waals surface area (Å²) >= 11 is 1.34. The third-order valence-corrected chi connectivity index (χ3v) is 3.89. The molecular formula is C15H13F3N2OS. The minimum atomic E-state index is -4.40. The first-order valence-corrected chi connectivity index (χ1v) is 7.18. The first-order valence-electron chi connectivity index (χ1n) is 6.36. The number of carbonyl (C=O) groups is 1. The van der Waals surface area contributed by atoms with E-state index in [1.165, 1.54) is 35.6 Å². The van der Waals surface area contributed by atoms with E-state index in [1.807, 2.05) is 13.8 Å². The second-order valence-corrected chi connectivity index (χ2v) is 5.81. The Morgan fingerprint density at radius 2 is 2.05 bits per heavy atom. The second-order valence-electron chi connectivity index (χ2n) is 4.61. The molecule has 0 radical (unpaired) electrons. The number of rotatable bonds is 3. The van der Waals surface area contributed by atoms with Crippen molar-refractivity contribution in [3.63, 3.8) is 0 Å². The van der Waals surface area contributed by atoms with Gasteiger partial charge in [-0.05, 0) is 37.6 Å². The van der Waals surface area contributed by atoms with Gasteiger partial charge in [0.05, 0.1) is 11.3 Å². The average Bonchev–Trinajstić information content (AvgIpc) is 2.74. The molecule has 1 amide bonds. The Bertz CT molecular complexity index is 700. The lowest BCUT2D eigenvalue weighted by Crippen LogP contribution is -2.07. The van der Waals surface area contributed by atoms with Gasteiger partial charge >= 0.3 is 6.18 Å². The van der Waals surface area contributed by atoms with Gasteiger partial charge in [0.25, 0.3) is 0 Å². The van der Waals surface area contributed by atoms with Crippen LogP contribution in [-0.2, 0) is 11.0 Å². The van der Waals surface area contributed by atoms with Crippen molar-refractivity contribution in [2.24, 2.45) is 0 Å². The molecule has 1 heterocycles. The normalized spacial score (nSPS) is 11.9. The first kappa shape index (κ1) is 16.2. The van der Waals surface area contributed by atoms with Crippen LogP contribution in [0, 0.1) is 13.8 Å². The largest absolute Gasteiger partial charge is 0.416 e. The van der Waals surface area contributed by atoms with Gasteiger partial charge in [-0.25, -0.2) is 4.98 Å². The van der Waals surface area contributed by atoms with Crippen LogP contribution >= 0.6 is 11.3 Å². The molecule has 2 aromatic rings. The van der Waals surface area contributed by atoms with E-state index in [4.69, 9.17) is 0 Å². The fraction of sp³-hybridized carbons (Fsp3) is 0.200. The van der Waals surface area contributed by atoms with Gasteiger partial charge in [0.15, 0.2) is 5.13 Å². The van der Waals surface area contributed by atoms with Crippen LogP contribution in [0.15, 0.2) is 30.3 Å². The molecule has 1 aromatic heterocycles. The number of nitrogens with one attached hydrogen (secondary N) is 1. The number of aryl methyl sites for hydroxylation is 2. The summed E-state index contributed by atoms with van der Waals surface area (Å²) in [6, 6.07) is 4.77. The predicted molar refractivity (Wildman–Crippen MR) is 80.7 cm³/mol. The Hall–Kier alpha value is -2.15. The van der Waals surface area contributed by atoms with Gasteiger partial charge in [-0.3, -0.25) is 10.1 Å². The molecule has 0 aliphatic carbocycles. The van der Waals surface area contributed by atoms with Gasteiger partial charge in [0.2, 0.25) is 5.91 Å². The van der Waals surface area contributed by atoms with Gasteiger partial charge in [-0.15, -0.1) is 11.3 Å². The third-order valence-electron chi connectivity index (χ3n) is 2.90. The number of hydrogen-bond donors (Lipinski definition) is 1. The number of thiazole rings is 1. The Labute approximate surface area is 129 Å². The highest BCUT2D eigenvalue weighted by atomic mass is 32.1. The quantitative estimate of drug-likeness (QED) is 0.848. The molecular weight excluding hydrogens is 313 g/mol. The van der Waals surface area contributed by atoms with E-state index in [0.29, 0.717) is 10.7 Å². The summed E-state index contributed by atoms with van der Waals surface area (Å²) in [4.78, 5) is 16.9. The molecule has 3 nitrogen and oxygen atoms in total. The highest BCUT2D eigenvalue weighted by Gasteiger charge is 2.30. The number of halogens is 3. The number of alkyl halides is 3. The molecule has 0 aliphatic rings. The third kappa shape index (κ3) is 4.17. The standard InChI is InChI=1S/C15H13F3N2OS/c1-9-10(2)22-14(19-9)20-13(21)7-6-11-4-3-5-12(8-11)15(16,17)18/h3-8H,1-2H3,(H,19,20,21)/b7-6+. The van der Waals surface area contributed by atoms with Crippen LogP contribution in [-0.4, -0.2) is 10.9 Å². The lowest BCUT2D eigenvalue weighted by Gasteiger charge is -2.06. The van der Waals surface area contributed by atoms with Crippen molar-refractivity contribution >= 4 is 28.5 Å². The minimum Gasteiger partial charge on any atom is -0.298 e. The van der Waals surface area contributed by atoms with E-state index in [2.05, 4.69) is 10.3 Å². The number of nitrogens with zero attached hydrogens (tertiary/aromatic N) is 1. The molecule has 0 fully saturated rings. The zero-order valence-electron chi connectivity index (χ0n) is 11.9. The molecule has 0 atom stereocenters. The van der Waals surface area contributed by atoms with Crippen LogP contribution in [0.4, 0.5) is 18.3 Å². The van der Waals surface area contributed by atoms with E-state index in [1.54, 1.807) is 0 Å². The topological polar surface area (TPSA) is 42.0 Å². The SMILES string of the molecule is Cc1nc(NC(=O)/C=C/c2cccc(C(F)(F)F)c2)sc1C. The number of carbonyl (C=O) groups excluding carboxylic acids is 1. The monoisotopic (exact) mass is 326 g/mol. The van der Waals surface area contributed by atoms with Crippen LogP contribution in [0.1, 0.15) is 21.7 Å². The molecule has 0 bridgehead atoms. The molecule has 1 aromatic carbocycles. The Kier molecular flexibility index (Phi) is 4.65. The zero-order chi connectivity index (χ0) is 16.3. The van der Waals surface area contributed by atoms with Crippen molar-refractivity contribution in [3.8, 4) is 0 Å². The molecule has 2 rings (SSSR count). The minimum absolute atomic E-state index is 0.302. The van der Waals surface area contributed by atoms with Crippen molar-refractivity contribution in [3.05, 3.63) is 52.0 Å². The van der Waals surface area contributed by atoms with E-state index in [-0.39, 0.29) is 0 Å². The smallest absolute Gasteiger partial charge is 0.298 e. The van der Waals surface area contributed by atoms with E-state index in [9.17, 15) is 18.0 Å². The zero-order valence-corrected chi connectivity index (χ0v) is 12.7. The van der Waals surface area contributed by atoms with Gasteiger partial charge in [0, 0.05) is 11.0 Å². The summed E-state index contributed by atoms with van der Waals surface area (Å²) in [5.74, 6) is -0.439. The fourth-order valence-electron chi connectivity index (χ4n) is 1.66. The lowest BCUT2D eigenvalue weighted by molar-refractivity contribution is -0.137. The Morgan fingerprint density at radius 1 is 1.32 bits per heavy atom. The molecule has 1 N–H and O–H groups in total. The van der Waals surface area contributed by atoms with Gasteiger partial charge in [-0.2, -0.15) is 13.2 Å². The van der Waals surface area contributed by atoms with Gasteiger partial charge < -0.3 is 0 Å². The van der Waals surface area contributed by atoms with E-state index in [0.717, 1.165) is 22.7 Å². The molecule has 0 unspecified atom stereocenters. The summed E-state index contributed by atoms with van der Waals surface area (Å²) in [6.45, 7) is 3.72. The molecule has 0 aliphatic heterocycles. The van der Waals surface area contributed by atoms with E-state index >= 15 is 0 Å². The molecule has 22 heavy (non-hydrogen) atoms. The number of benzene rings is 1. The second kappa shape index (κ2) is 6.31. The van der Waals surface area contributed by atoms with Crippen molar-refractivity contribution in [1.29, 1.82) is 0 Å². The average molecular weight is 326 g/mol. The summed E-state index contributed by atoms with van der Waals surface area (Å²) < 4.78 is 37.8. The van der Waals surface area contributed by atoms with Gasteiger partial charge in [0.1, 0.15) is 0 Å². The fourth-order valence-corrected chi connectivity index (χ4v) is 2.48. The summed E-state index contributed by atoms with van der Waals surface area (Å²) in [5, 5.41) is 3.04.